The summed E-state index contributed by atoms with van der Waals surface area (Å²) in [4.78, 5) is 24.5. The van der Waals surface area contributed by atoms with E-state index in [0.29, 0.717) is 18.8 Å². The highest BCUT2D eigenvalue weighted by atomic mass is 16.5. The van der Waals surface area contributed by atoms with Crippen molar-refractivity contribution < 1.29 is 19.4 Å². The Morgan fingerprint density at radius 2 is 1.48 bits per heavy atom. The van der Waals surface area contributed by atoms with Crippen LogP contribution >= 0.6 is 0 Å². The highest BCUT2D eigenvalue weighted by molar-refractivity contribution is 5.81. The zero-order chi connectivity index (χ0) is 21.5. The van der Waals surface area contributed by atoms with Gasteiger partial charge >= 0.3 is 11.9 Å². The van der Waals surface area contributed by atoms with E-state index in [9.17, 15) is 14.7 Å². The number of carboxylic acids is 1. The molecular formula is C25H46O4. The number of hydrogen-bond donors (Lipinski definition) is 1. The highest BCUT2D eigenvalue weighted by Crippen LogP contribution is 2.32. The van der Waals surface area contributed by atoms with Crippen LogP contribution < -0.4 is 0 Å². The van der Waals surface area contributed by atoms with E-state index in [1.165, 1.54) is 51.4 Å². The van der Waals surface area contributed by atoms with Gasteiger partial charge in [0.05, 0.1) is 11.8 Å². The molecule has 4 heteroatoms. The predicted molar refractivity (Wildman–Crippen MR) is 119 cm³/mol. The van der Waals surface area contributed by atoms with E-state index >= 15 is 0 Å². The first-order valence-electron chi connectivity index (χ1n) is 12.5. The first-order valence-corrected chi connectivity index (χ1v) is 12.5. The molecule has 1 aliphatic rings. The molecule has 1 fully saturated rings. The van der Waals surface area contributed by atoms with E-state index in [-0.39, 0.29) is 12.1 Å². The van der Waals surface area contributed by atoms with Crippen LogP contribution in [0, 0.1) is 17.8 Å². The summed E-state index contributed by atoms with van der Waals surface area (Å²) in [6.07, 6.45) is 17.0. The molecule has 29 heavy (non-hydrogen) atoms. The molecule has 1 aliphatic carbocycles. The third-order valence-corrected chi connectivity index (χ3v) is 6.69. The average Bonchev–Trinajstić information content (AvgIpc) is 2.73. The summed E-state index contributed by atoms with van der Waals surface area (Å²) in [5, 5.41) is 9.51. The first-order chi connectivity index (χ1) is 14.0. The van der Waals surface area contributed by atoms with Crippen LogP contribution in [-0.2, 0) is 14.3 Å². The SMILES string of the molecule is CCCCCCCCC(CC(CC)CCCC)OC(=O)C1CCCCC1C(=O)O. The molecule has 0 aromatic heterocycles. The van der Waals surface area contributed by atoms with Gasteiger partial charge in [0, 0.05) is 0 Å². The van der Waals surface area contributed by atoms with E-state index in [2.05, 4.69) is 20.8 Å². The number of ether oxygens (including phenoxy) is 1. The van der Waals surface area contributed by atoms with Crippen molar-refractivity contribution >= 4 is 11.9 Å². The number of carbonyl (C=O) groups is 2. The standard InChI is InChI=1S/C25H46O4/c1-4-7-9-10-11-12-16-21(19-20(6-3)15-8-5-2)29-25(28)23-18-14-13-17-22(23)24(26)27/h20-23H,4-19H2,1-3H3,(H,26,27). The maximum atomic E-state index is 12.9. The third kappa shape index (κ3) is 10.5. The van der Waals surface area contributed by atoms with E-state index in [1.807, 2.05) is 0 Å². The largest absolute Gasteiger partial charge is 0.481 e. The lowest BCUT2D eigenvalue weighted by atomic mass is 9.79. The van der Waals surface area contributed by atoms with Gasteiger partial charge in [-0.1, -0.05) is 91.4 Å². The van der Waals surface area contributed by atoms with Gasteiger partial charge in [-0.3, -0.25) is 9.59 Å². The highest BCUT2D eigenvalue weighted by Gasteiger charge is 2.37. The van der Waals surface area contributed by atoms with Gasteiger partial charge in [-0.25, -0.2) is 0 Å². The summed E-state index contributed by atoms with van der Waals surface area (Å²) in [6.45, 7) is 6.67. The second kappa shape index (κ2) is 15.7. The Hall–Kier alpha value is -1.06. The van der Waals surface area contributed by atoms with Crippen LogP contribution in [0.1, 0.15) is 124 Å². The number of unbranched alkanes of at least 4 members (excludes halogenated alkanes) is 6. The summed E-state index contributed by atoms with van der Waals surface area (Å²) in [7, 11) is 0. The lowest BCUT2D eigenvalue weighted by Gasteiger charge is -2.30. The lowest BCUT2D eigenvalue weighted by molar-refractivity contribution is -0.164. The van der Waals surface area contributed by atoms with E-state index in [0.717, 1.165) is 38.5 Å². The Morgan fingerprint density at radius 1 is 0.862 bits per heavy atom. The number of hydrogen-bond acceptors (Lipinski definition) is 3. The fraction of sp³-hybridized carbons (Fsp3) is 0.920. The minimum absolute atomic E-state index is 0.0492. The van der Waals surface area contributed by atoms with Gasteiger partial charge < -0.3 is 9.84 Å². The summed E-state index contributed by atoms with van der Waals surface area (Å²) in [5.74, 6) is -1.52. The zero-order valence-electron chi connectivity index (χ0n) is 19.3. The van der Waals surface area contributed by atoms with Crippen molar-refractivity contribution in [1.29, 1.82) is 0 Å². The van der Waals surface area contributed by atoms with Crippen LogP contribution in [0.5, 0.6) is 0 Å². The average molecular weight is 411 g/mol. The van der Waals surface area contributed by atoms with Crippen LogP contribution in [0.2, 0.25) is 0 Å². The molecule has 0 heterocycles. The molecule has 4 unspecified atom stereocenters. The summed E-state index contributed by atoms with van der Waals surface area (Å²) in [6, 6.07) is 0. The predicted octanol–water partition coefficient (Wildman–Crippen LogP) is 7.15. The molecule has 0 aromatic rings. The molecular weight excluding hydrogens is 364 g/mol. The van der Waals surface area contributed by atoms with E-state index in [1.54, 1.807) is 0 Å². The summed E-state index contributed by atoms with van der Waals surface area (Å²) >= 11 is 0. The Kier molecular flexibility index (Phi) is 14.1. The number of carbonyl (C=O) groups excluding carboxylic acids is 1. The van der Waals surface area contributed by atoms with E-state index < -0.39 is 17.8 Å². The number of esters is 1. The first kappa shape index (κ1) is 26.0. The van der Waals surface area contributed by atoms with Gasteiger partial charge in [0.15, 0.2) is 0 Å². The van der Waals surface area contributed by atoms with Crippen molar-refractivity contribution in [3.63, 3.8) is 0 Å². The van der Waals surface area contributed by atoms with Gasteiger partial charge in [-0.05, 0) is 38.0 Å². The van der Waals surface area contributed by atoms with Crippen LogP contribution in [0.15, 0.2) is 0 Å². The van der Waals surface area contributed by atoms with Gasteiger partial charge in [0.25, 0.3) is 0 Å². The fourth-order valence-corrected chi connectivity index (χ4v) is 4.69. The normalized spacial score (nSPS) is 21.5. The Morgan fingerprint density at radius 3 is 2.10 bits per heavy atom. The van der Waals surface area contributed by atoms with Crippen LogP contribution in [-0.4, -0.2) is 23.1 Å². The minimum Gasteiger partial charge on any atom is -0.481 e. The molecule has 0 bridgehead atoms. The molecule has 1 N–H and O–H groups in total. The second-order valence-electron chi connectivity index (χ2n) is 9.10. The second-order valence-corrected chi connectivity index (χ2v) is 9.10. The summed E-state index contributed by atoms with van der Waals surface area (Å²) in [5.41, 5.74) is 0. The van der Waals surface area contributed by atoms with Gasteiger partial charge in [-0.2, -0.15) is 0 Å². The van der Waals surface area contributed by atoms with Crippen LogP contribution in [0.3, 0.4) is 0 Å². The van der Waals surface area contributed by atoms with Crippen molar-refractivity contribution in [3.8, 4) is 0 Å². The van der Waals surface area contributed by atoms with Crippen molar-refractivity contribution in [3.05, 3.63) is 0 Å². The monoisotopic (exact) mass is 410 g/mol. The molecule has 0 spiro atoms. The molecule has 4 nitrogen and oxygen atoms in total. The van der Waals surface area contributed by atoms with E-state index in [4.69, 9.17) is 4.74 Å². The molecule has 170 valence electrons. The Bertz CT molecular complexity index is 448. The maximum Gasteiger partial charge on any atom is 0.310 e. The minimum atomic E-state index is -0.839. The third-order valence-electron chi connectivity index (χ3n) is 6.69. The molecule has 1 saturated carbocycles. The molecule has 4 atom stereocenters. The smallest absolute Gasteiger partial charge is 0.310 e. The fourth-order valence-electron chi connectivity index (χ4n) is 4.69. The quantitative estimate of drug-likeness (QED) is 0.217. The molecule has 0 radical (unpaired) electrons. The Balaban J connectivity index is 2.64. The van der Waals surface area contributed by atoms with Gasteiger partial charge in [0.2, 0.25) is 0 Å². The topological polar surface area (TPSA) is 63.6 Å². The van der Waals surface area contributed by atoms with Crippen molar-refractivity contribution in [2.24, 2.45) is 17.8 Å². The van der Waals surface area contributed by atoms with Crippen molar-refractivity contribution in [2.75, 3.05) is 0 Å². The number of aliphatic carboxylic acids is 1. The van der Waals surface area contributed by atoms with Crippen LogP contribution in [0.25, 0.3) is 0 Å². The summed E-state index contributed by atoms with van der Waals surface area (Å²) < 4.78 is 6.01. The lowest BCUT2D eigenvalue weighted by Crippen LogP contribution is -2.36. The molecule has 0 aliphatic heterocycles. The molecule has 0 saturated heterocycles. The van der Waals surface area contributed by atoms with Crippen LogP contribution in [0.4, 0.5) is 0 Å². The van der Waals surface area contributed by atoms with Crippen molar-refractivity contribution in [1.82, 2.24) is 0 Å². The zero-order valence-corrected chi connectivity index (χ0v) is 19.3. The van der Waals surface area contributed by atoms with Crippen molar-refractivity contribution in [2.45, 2.75) is 130 Å². The number of rotatable bonds is 16. The maximum absolute atomic E-state index is 12.9. The van der Waals surface area contributed by atoms with Gasteiger partial charge in [-0.15, -0.1) is 0 Å². The Labute approximate surface area is 179 Å². The number of carboxylic acid groups (broad SMARTS) is 1. The molecule has 0 amide bonds. The molecule has 0 aromatic carbocycles. The molecule has 1 rings (SSSR count). The van der Waals surface area contributed by atoms with Gasteiger partial charge in [0.1, 0.15) is 6.10 Å².